The van der Waals surface area contributed by atoms with Crippen LogP contribution in [0.2, 0.25) is 0 Å². The summed E-state index contributed by atoms with van der Waals surface area (Å²) in [7, 11) is 0. The molecule has 1 aromatic heterocycles. The third-order valence-electron chi connectivity index (χ3n) is 5.36. The number of ether oxygens (including phenoxy) is 1. The van der Waals surface area contributed by atoms with Gasteiger partial charge in [-0.05, 0) is 30.4 Å². The molecule has 30 heavy (non-hydrogen) atoms. The Labute approximate surface area is 180 Å². The number of aromatic nitrogens is 1. The number of rotatable bonds is 8. The third-order valence-corrected chi connectivity index (χ3v) is 6.11. The van der Waals surface area contributed by atoms with E-state index in [2.05, 4.69) is 15.5 Å². The number of benzene rings is 2. The van der Waals surface area contributed by atoms with Gasteiger partial charge in [0.15, 0.2) is 0 Å². The van der Waals surface area contributed by atoms with E-state index in [1.807, 2.05) is 41.8 Å². The summed E-state index contributed by atoms with van der Waals surface area (Å²) in [6.07, 6.45) is 7.98. The molecule has 4 nitrogen and oxygen atoms in total. The molecule has 1 fully saturated rings. The smallest absolute Gasteiger partial charge is 0.203 e. The molecule has 1 saturated carbocycles. The zero-order valence-corrected chi connectivity index (χ0v) is 17.7. The lowest BCUT2D eigenvalue weighted by atomic mass is 9.90. The third kappa shape index (κ3) is 5.74. The van der Waals surface area contributed by atoms with Gasteiger partial charge in [0, 0.05) is 23.1 Å². The summed E-state index contributed by atoms with van der Waals surface area (Å²) in [5.41, 5.74) is 6.16. The molecule has 0 unspecified atom stereocenters. The summed E-state index contributed by atoms with van der Waals surface area (Å²) in [5.74, 6) is 0.371. The molecule has 0 amide bonds. The fourth-order valence-electron chi connectivity index (χ4n) is 3.68. The molecule has 0 spiro atoms. The Morgan fingerprint density at radius 1 is 1.13 bits per heavy atom. The number of anilines is 1. The maximum Gasteiger partial charge on any atom is 0.203 e. The minimum atomic E-state index is -0.261. The van der Waals surface area contributed by atoms with Gasteiger partial charge in [-0.1, -0.05) is 61.7 Å². The molecule has 6 heteroatoms. The lowest BCUT2D eigenvalue weighted by Crippen LogP contribution is -2.13. The molecule has 1 aliphatic carbocycles. The number of hydrogen-bond acceptors (Lipinski definition) is 5. The second-order valence-electron chi connectivity index (χ2n) is 7.64. The van der Waals surface area contributed by atoms with Crippen LogP contribution in [0.4, 0.5) is 9.52 Å². The van der Waals surface area contributed by atoms with E-state index in [0.717, 1.165) is 17.9 Å². The standard InChI is InChI=1S/C24H26FN3OS/c25-22-13-19(11-12-21(22)16-29-15-18-7-3-1-4-8-18)14-26-28-24-27-23(17-30-24)20-9-5-2-6-10-20/h2,5-6,9-14,17-18H,1,3-4,7-8,15-16H2,(H,27,28). The Morgan fingerprint density at radius 3 is 2.77 bits per heavy atom. The Bertz CT molecular complexity index is 968. The van der Waals surface area contributed by atoms with Gasteiger partial charge in [-0.2, -0.15) is 5.10 Å². The van der Waals surface area contributed by atoms with Crippen LogP contribution in [-0.2, 0) is 11.3 Å². The first-order chi connectivity index (χ1) is 14.8. The van der Waals surface area contributed by atoms with Gasteiger partial charge in [-0.3, -0.25) is 5.43 Å². The summed E-state index contributed by atoms with van der Waals surface area (Å²) in [5, 5.41) is 6.86. The highest BCUT2D eigenvalue weighted by molar-refractivity contribution is 7.14. The molecule has 0 aliphatic heterocycles. The van der Waals surface area contributed by atoms with Gasteiger partial charge >= 0.3 is 0 Å². The Hall–Kier alpha value is -2.57. The molecule has 2 aromatic carbocycles. The maximum atomic E-state index is 14.4. The highest BCUT2D eigenvalue weighted by Gasteiger charge is 2.13. The normalized spacial score (nSPS) is 15.0. The number of nitrogens with zero attached hydrogens (tertiary/aromatic N) is 2. The van der Waals surface area contributed by atoms with E-state index < -0.39 is 0 Å². The molecular weight excluding hydrogens is 397 g/mol. The first kappa shape index (κ1) is 20.7. The van der Waals surface area contributed by atoms with Crippen molar-refractivity contribution in [3.8, 4) is 11.3 Å². The monoisotopic (exact) mass is 423 g/mol. The van der Waals surface area contributed by atoms with Crippen molar-refractivity contribution in [2.45, 2.75) is 38.7 Å². The van der Waals surface area contributed by atoms with E-state index in [1.54, 1.807) is 12.3 Å². The van der Waals surface area contributed by atoms with Crippen molar-refractivity contribution in [2.24, 2.45) is 11.0 Å². The molecule has 0 saturated heterocycles. The van der Waals surface area contributed by atoms with Crippen LogP contribution in [-0.4, -0.2) is 17.8 Å². The van der Waals surface area contributed by atoms with Crippen molar-refractivity contribution < 1.29 is 9.13 Å². The van der Waals surface area contributed by atoms with Gasteiger partial charge in [0.25, 0.3) is 0 Å². The average Bonchev–Trinajstić information content (AvgIpc) is 3.26. The van der Waals surface area contributed by atoms with Gasteiger partial charge in [-0.25, -0.2) is 9.37 Å². The lowest BCUT2D eigenvalue weighted by Gasteiger charge is -2.21. The van der Waals surface area contributed by atoms with E-state index in [0.29, 0.717) is 28.8 Å². The second-order valence-corrected chi connectivity index (χ2v) is 8.50. The zero-order chi connectivity index (χ0) is 20.6. The zero-order valence-electron chi connectivity index (χ0n) is 16.9. The highest BCUT2D eigenvalue weighted by Crippen LogP contribution is 2.25. The molecule has 1 N–H and O–H groups in total. The van der Waals surface area contributed by atoms with Crippen molar-refractivity contribution >= 4 is 22.7 Å². The van der Waals surface area contributed by atoms with Crippen LogP contribution in [0.1, 0.15) is 43.2 Å². The Morgan fingerprint density at radius 2 is 1.97 bits per heavy atom. The minimum absolute atomic E-state index is 0.261. The van der Waals surface area contributed by atoms with E-state index in [4.69, 9.17) is 4.74 Å². The molecule has 156 valence electrons. The van der Waals surface area contributed by atoms with Gasteiger partial charge in [0.1, 0.15) is 5.82 Å². The SMILES string of the molecule is Fc1cc(C=NNc2nc(-c3ccccc3)cs2)ccc1COCC1CCCCC1. The fourth-order valence-corrected chi connectivity index (χ4v) is 4.35. The maximum absolute atomic E-state index is 14.4. The van der Waals surface area contributed by atoms with E-state index in [9.17, 15) is 4.39 Å². The van der Waals surface area contributed by atoms with Gasteiger partial charge in [-0.15, -0.1) is 11.3 Å². The molecule has 1 aliphatic rings. The fraction of sp³-hybridized carbons (Fsp3) is 0.333. The first-order valence-corrected chi connectivity index (χ1v) is 11.3. The molecule has 0 bridgehead atoms. The summed E-state index contributed by atoms with van der Waals surface area (Å²) >= 11 is 1.48. The van der Waals surface area contributed by atoms with Crippen molar-refractivity contribution in [3.05, 3.63) is 70.9 Å². The van der Waals surface area contributed by atoms with E-state index >= 15 is 0 Å². The van der Waals surface area contributed by atoms with Crippen LogP contribution in [0.5, 0.6) is 0 Å². The summed E-state index contributed by atoms with van der Waals surface area (Å²) in [6.45, 7) is 1.05. The van der Waals surface area contributed by atoms with Gasteiger partial charge in [0.05, 0.1) is 18.5 Å². The highest BCUT2D eigenvalue weighted by atomic mass is 32.1. The van der Waals surface area contributed by atoms with Crippen LogP contribution in [0.15, 0.2) is 59.0 Å². The van der Waals surface area contributed by atoms with Crippen molar-refractivity contribution in [1.29, 1.82) is 0 Å². The first-order valence-electron chi connectivity index (χ1n) is 10.4. The van der Waals surface area contributed by atoms with Crippen LogP contribution in [0, 0.1) is 11.7 Å². The average molecular weight is 424 g/mol. The number of hydrogen-bond donors (Lipinski definition) is 1. The Kier molecular flexibility index (Phi) is 7.21. The predicted octanol–water partition coefficient (Wildman–Crippen LogP) is 6.49. The molecule has 1 heterocycles. The number of halogens is 1. The number of nitrogens with one attached hydrogen (secondary N) is 1. The summed E-state index contributed by atoms with van der Waals surface area (Å²) < 4.78 is 20.1. The summed E-state index contributed by atoms with van der Waals surface area (Å²) in [4.78, 5) is 4.52. The van der Waals surface area contributed by atoms with Crippen molar-refractivity contribution in [1.82, 2.24) is 4.98 Å². The largest absolute Gasteiger partial charge is 0.376 e. The van der Waals surface area contributed by atoms with E-state index in [-0.39, 0.29) is 5.82 Å². The molecule has 0 radical (unpaired) electrons. The quantitative estimate of drug-likeness (QED) is 0.333. The predicted molar refractivity (Wildman–Crippen MR) is 121 cm³/mol. The second kappa shape index (κ2) is 10.5. The van der Waals surface area contributed by atoms with Gasteiger partial charge in [0.2, 0.25) is 5.13 Å². The topological polar surface area (TPSA) is 46.5 Å². The Balaban J connectivity index is 1.28. The van der Waals surface area contributed by atoms with Crippen molar-refractivity contribution in [2.75, 3.05) is 12.0 Å². The number of hydrazone groups is 1. The molecular formula is C24H26FN3OS. The number of thiazole rings is 1. The van der Waals surface area contributed by atoms with E-state index in [1.165, 1.54) is 49.5 Å². The molecule has 3 aromatic rings. The van der Waals surface area contributed by atoms with Crippen LogP contribution < -0.4 is 5.43 Å². The van der Waals surface area contributed by atoms with Crippen LogP contribution >= 0.6 is 11.3 Å². The molecule has 0 atom stereocenters. The molecule has 4 rings (SSSR count). The summed E-state index contributed by atoms with van der Waals surface area (Å²) in [6, 6.07) is 15.1. The van der Waals surface area contributed by atoms with Gasteiger partial charge < -0.3 is 4.74 Å². The van der Waals surface area contributed by atoms with Crippen LogP contribution in [0.25, 0.3) is 11.3 Å². The van der Waals surface area contributed by atoms with Crippen LogP contribution in [0.3, 0.4) is 0 Å². The minimum Gasteiger partial charge on any atom is -0.376 e. The van der Waals surface area contributed by atoms with Crippen molar-refractivity contribution in [3.63, 3.8) is 0 Å². The lowest BCUT2D eigenvalue weighted by molar-refractivity contribution is 0.0723.